The molecule has 0 aliphatic carbocycles. The predicted octanol–water partition coefficient (Wildman–Crippen LogP) is 5.07. The predicted molar refractivity (Wildman–Crippen MR) is 109 cm³/mol. The molecule has 0 saturated carbocycles. The number of carbonyl (C=O) groups is 2. The highest BCUT2D eigenvalue weighted by Crippen LogP contribution is 2.35. The number of alkyl halides is 8. The molecule has 2 rings (SSSR count). The first-order valence-electron chi connectivity index (χ1n) is 9.77. The standard InChI is InChI=1S/C21H16F8O7S/c1-19(22,23)18(21(27,28)29)36-17(31)14-8-4-12(5-9-14)11-2-6-13(7-3-11)16(30)35-15(20(24,25)26)10-37(32,33)34/h2-9,15,18H,10H2,1H3,(H,32,33,34). The number of carbonyl (C=O) groups excluding carboxylic acids is 2. The van der Waals surface area contributed by atoms with E-state index in [4.69, 9.17) is 4.55 Å². The summed E-state index contributed by atoms with van der Waals surface area (Å²) in [5, 5.41) is 0. The van der Waals surface area contributed by atoms with Crippen molar-refractivity contribution in [3.63, 3.8) is 0 Å². The van der Waals surface area contributed by atoms with Crippen LogP contribution < -0.4 is 0 Å². The summed E-state index contributed by atoms with van der Waals surface area (Å²) in [6.07, 6.45) is -17.6. The van der Waals surface area contributed by atoms with Crippen molar-refractivity contribution in [1.29, 1.82) is 0 Å². The van der Waals surface area contributed by atoms with Crippen LogP contribution in [0.25, 0.3) is 11.1 Å². The third-order valence-corrected chi connectivity index (χ3v) is 5.26. The summed E-state index contributed by atoms with van der Waals surface area (Å²) in [4.78, 5) is 23.9. The maximum absolute atomic E-state index is 13.2. The van der Waals surface area contributed by atoms with Crippen LogP contribution in [-0.2, 0) is 19.6 Å². The van der Waals surface area contributed by atoms with E-state index in [-0.39, 0.29) is 6.92 Å². The van der Waals surface area contributed by atoms with E-state index in [9.17, 15) is 53.1 Å². The molecule has 0 aromatic heterocycles. The fraction of sp³-hybridized carbons (Fsp3) is 0.333. The van der Waals surface area contributed by atoms with Crippen LogP contribution in [0.1, 0.15) is 27.6 Å². The van der Waals surface area contributed by atoms with Crippen molar-refractivity contribution in [1.82, 2.24) is 0 Å². The van der Waals surface area contributed by atoms with Crippen LogP contribution in [0.15, 0.2) is 48.5 Å². The molecule has 0 radical (unpaired) electrons. The average Bonchev–Trinajstić information content (AvgIpc) is 2.74. The van der Waals surface area contributed by atoms with E-state index in [1.807, 2.05) is 0 Å². The van der Waals surface area contributed by atoms with Gasteiger partial charge in [-0.15, -0.1) is 0 Å². The van der Waals surface area contributed by atoms with Gasteiger partial charge in [0, 0.05) is 6.92 Å². The Balaban J connectivity index is 2.15. The zero-order valence-electron chi connectivity index (χ0n) is 18.3. The van der Waals surface area contributed by atoms with Gasteiger partial charge in [-0.25, -0.2) is 18.4 Å². The maximum atomic E-state index is 13.2. The van der Waals surface area contributed by atoms with Crippen LogP contribution in [0.3, 0.4) is 0 Å². The summed E-state index contributed by atoms with van der Waals surface area (Å²) in [6.45, 7) is -0.0568. The Morgan fingerprint density at radius 2 is 1.14 bits per heavy atom. The van der Waals surface area contributed by atoms with E-state index < -0.39 is 69.4 Å². The number of benzene rings is 2. The smallest absolute Gasteiger partial charge is 0.431 e. The minimum atomic E-state index is -5.52. The first-order chi connectivity index (χ1) is 16.7. The van der Waals surface area contributed by atoms with Crippen molar-refractivity contribution in [2.24, 2.45) is 0 Å². The molecular formula is C21H16F8O7S. The molecule has 0 bridgehead atoms. The lowest BCUT2D eigenvalue weighted by Crippen LogP contribution is -2.46. The van der Waals surface area contributed by atoms with Crippen molar-refractivity contribution in [3.05, 3.63) is 59.7 Å². The van der Waals surface area contributed by atoms with Crippen LogP contribution in [0.2, 0.25) is 0 Å². The van der Waals surface area contributed by atoms with Crippen molar-refractivity contribution in [3.8, 4) is 11.1 Å². The van der Waals surface area contributed by atoms with E-state index in [0.29, 0.717) is 11.1 Å². The first kappa shape index (κ1) is 30.0. The lowest BCUT2D eigenvalue weighted by molar-refractivity contribution is -0.263. The van der Waals surface area contributed by atoms with Gasteiger partial charge in [-0.05, 0) is 35.4 Å². The van der Waals surface area contributed by atoms with Gasteiger partial charge in [-0.1, -0.05) is 24.3 Å². The Kier molecular flexibility index (Phi) is 8.59. The number of halogens is 8. The minimum Gasteiger partial charge on any atom is -0.448 e. The van der Waals surface area contributed by atoms with E-state index in [2.05, 4.69) is 9.47 Å². The van der Waals surface area contributed by atoms with Crippen molar-refractivity contribution in [2.45, 2.75) is 37.4 Å². The van der Waals surface area contributed by atoms with E-state index in [0.717, 1.165) is 24.3 Å². The molecule has 2 aromatic carbocycles. The topological polar surface area (TPSA) is 107 Å². The van der Waals surface area contributed by atoms with Gasteiger partial charge in [0.1, 0.15) is 5.75 Å². The summed E-state index contributed by atoms with van der Waals surface area (Å²) in [6, 6.07) is 8.80. The number of rotatable bonds is 8. The molecule has 1 N–H and O–H groups in total. The Morgan fingerprint density at radius 3 is 1.43 bits per heavy atom. The number of esters is 2. The second-order valence-electron chi connectivity index (χ2n) is 7.62. The molecule has 0 fully saturated rings. The Bertz CT molecular complexity index is 1200. The normalized spacial score (nSPS) is 14.5. The molecule has 0 amide bonds. The fourth-order valence-electron chi connectivity index (χ4n) is 2.81. The third-order valence-electron chi connectivity index (χ3n) is 4.53. The van der Waals surface area contributed by atoms with Crippen molar-refractivity contribution >= 4 is 22.1 Å². The van der Waals surface area contributed by atoms with Crippen LogP contribution >= 0.6 is 0 Å². The second kappa shape index (κ2) is 10.6. The van der Waals surface area contributed by atoms with Gasteiger partial charge in [0.15, 0.2) is 0 Å². The van der Waals surface area contributed by atoms with Gasteiger partial charge < -0.3 is 9.47 Å². The minimum absolute atomic E-state index is 0.0568. The van der Waals surface area contributed by atoms with Crippen molar-refractivity contribution in [2.75, 3.05) is 5.75 Å². The lowest BCUT2D eigenvalue weighted by Gasteiger charge is -2.25. The molecule has 2 aromatic rings. The third kappa shape index (κ3) is 8.66. The largest absolute Gasteiger partial charge is 0.448 e. The second-order valence-corrected chi connectivity index (χ2v) is 9.12. The zero-order valence-corrected chi connectivity index (χ0v) is 19.1. The molecule has 0 spiro atoms. The maximum Gasteiger partial charge on any atom is 0.431 e. The zero-order chi connectivity index (χ0) is 28.4. The molecule has 0 heterocycles. The molecule has 37 heavy (non-hydrogen) atoms. The summed E-state index contributed by atoms with van der Waals surface area (Å²) < 4.78 is 142. The van der Waals surface area contributed by atoms with Gasteiger partial charge in [0.25, 0.3) is 22.1 Å². The van der Waals surface area contributed by atoms with Gasteiger partial charge in [0.2, 0.25) is 6.10 Å². The van der Waals surface area contributed by atoms with Crippen LogP contribution in [-0.4, -0.2) is 61.1 Å². The molecule has 0 aliphatic heterocycles. The Labute approximate surface area is 203 Å². The van der Waals surface area contributed by atoms with Crippen molar-refractivity contribution < 1.29 is 67.2 Å². The highest BCUT2D eigenvalue weighted by Gasteiger charge is 2.56. The molecule has 204 valence electrons. The number of hydrogen-bond donors (Lipinski definition) is 1. The quantitative estimate of drug-likeness (QED) is 0.271. The van der Waals surface area contributed by atoms with E-state index in [1.165, 1.54) is 24.3 Å². The van der Waals surface area contributed by atoms with Crippen LogP contribution in [0.4, 0.5) is 35.1 Å². The monoisotopic (exact) mass is 564 g/mol. The molecule has 2 unspecified atom stereocenters. The van der Waals surface area contributed by atoms with E-state index in [1.54, 1.807) is 0 Å². The highest BCUT2D eigenvalue weighted by atomic mass is 32.2. The number of hydrogen-bond acceptors (Lipinski definition) is 6. The lowest BCUT2D eigenvalue weighted by atomic mass is 10.0. The Hall–Kier alpha value is -3.27. The van der Waals surface area contributed by atoms with Gasteiger partial charge in [0.05, 0.1) is 11.1 Å². The fourth-order valence-corrected chi connectivity index (χ4v) is 3.45. The molecule has 16 heteroatoms. The van der Waals surface area contributed by atoms with Gasteiger partial charge >= 0.3 is 24.3 Å². The van der Waals surface area contributed by atoms with Crippen LogP contribution in [0, 0.1) is 0 Å². The van der Waals surface area contributed by atoms with Gasteiger partial charge in [-0.2, -0.15) is 34.8 Å². The Morgan fingerprint density at radius 1 is 0.757 bits per heavy atom. The molecule has 0 saturated heterocycles. The SMILES string of the molecule is CC(F)(F)C(OC(=O)c1ccc(-c2ccc(C(=O)OC(CS(=O)(=O)O)C(F)(F)F)cc2)cc1)C(F)(F)F. The summed E-state index contributed by atoms with van der Waals surface area (Å²) in [5.74, 6) is -9.53. The first-order valence-corrected chi connectivity index (χ1v) is 11.4. The molecule has 2 atom stereocenters. The average molecular weight is 564 g/mol. The molecular weight excluding hydrogens is 548 g/mol. The molecule has 0 aliphatic rings. The summed E-state index contributed by atoms with van der Waals surface area (Å²) in [7, 11) is -5.13. The molecule has 7 nitrogen and oxygen atoms in total. The van der Waals surface area contributed by atoms with Crippen LogP contribution in [0.5, 0.6) is 0 Å². The summed E-state index contributed by atoms with van der Waals surface area (Å²) in [5.41, 5.74) is -0.314. The van der Waals surface area contributed by atoms with Gasteiger partial charge in [-0.3, -0.25) is 4.55 Å². The highest BCUT2D eigenvalue weighted by molar-refractivity contribution is 7.85. The number of ether oxygens (including phenoxy) is 2. The summed E-state index contributed by atoms with van der Waals surface area (Å²) >= 11 is 0. The van der Waals surface area contributed by atoms with E-state index >= 15 is 0 Å².